The number of allylic oxidation sites excluding steroid dienone is 1. The zero-order chi connectivity index (χ0) is 31.9. The number of amides is 1. The third-order valence-electron chi connectivity index (χ3n) is 9.85. The molecule has 8 heteroatoms. The molecule has 3 heterocycles. The summed E-state index contributed by atoms with van der Waals surface area (Å²) in [6.45, 7) is 1.11. The fourth-order valence-electron chi connectivity index (χ4n) is 7.38. The lowest BCUT2D eigenvalue weighted by molar-refractivity contribution is -0.152. The summed E-state index contributed by atoms with van der Waals surface area (Å²) < 4.78 is 17.8. The summed E-state index contributed by atoms with van der Waals surface area (Å²) in [5.41, 5.74) is 3.47. The average Bonchev–Trinajstić information content (AvgIpc) is 3.52. The van der Waals surface area contributed by atoms with E-state index in [0.29, 0.717) is 18.7 Å². The molecule has 1 N–H and O–H groups in total. The van der Waals surface area contributed by atoms with Gasteiger partial charge in [-0.3, -0.25) is 4.79 Å². The highest BCUT2D eigenvalue weighted by molar-refractivity contribution is 5.92. The van der Waals surface area contributed by atoms with Crippen LogP contribution < -0.4 is 14.8 Å². The van der Waals surface area contributed by atoms with Crippen LogP contribution in [0.5, 0.6) is 11.5 Å². The zero-order valence-electron chi connectivity index (χ0n) is 27.2. The van der Waals surface area contributed by atoms with Gasteiger partial charge in [0.25, 0.3) is 0 Å². The van der Waals surface area contributed by atoms with Crippen LogP contribution in [0, 0.1) is 5.92 Å². The summed E-state index contributed by atoms with van der Waals surface area (Å²) in [7, 11) is 3.08. The normalized spacial score (nSPS) is 23.4. The Morgan fingerprint density at radius 2 is 1.76 bits per heavy atom. The van der Waals surface area contributed by atoms with Gasteiger partial charge in [0.15, 0.2) is 0 Å². The summed E-state index contributed by atoms with van der Waals surface area (Å²) in [6.07, 6.45) is 15.2. The fourth-order valence-corrected chi connectivity index (χ4v) is 7.38. The Labute approximate surface area is 272 Å². The standard InChI is InChI=1S/C38H47N3O5/c1-44-34-24-32-30-21-28(34)19-9-5-3-4-6-14-20-39-36(27-17-12-8-13-18-27)37(42)41-25-29(22-33(41)38(43)45-2)46-35(30)23-31(40-32)26-15-10-7-11-16-26/h7,9-11,15-16,19,21,23-24,27,29,33,36,39H,3-6,8,12-14,17-18,20,22,25H2,1-2H3/t29-,33+,36+/m1/s1. The first kappa shape index (κ1) is 32.0. The number of aromatic nitrogens is 1. The number of carbonyl (C=O) groups excluding carboxylic acids is 2. The number of rotatable bonds is 4. The van der Waals surface area contributed by atoms with E-state index in [1.165, 1.54) is 13.5 Å². The Bertz CT molecular complexity index is 1530. The maximum atomic E-state index is 14.4. The Balaban J connectivity index is 1.41. The van der Waals surface area contributed by atoms with E-state index in [9.17, 15) is 9.59 Å². The van der Waals surface area contributed by atoms with Crippen molar-refractivity contribution in [2.45, 2.75) is 88.8 Å². The minimum atomic E-state index is -0.693. The van der Waals surface area contributed by atoms with Crippen LogP contribution in [0.4, 0.5) is 0 Å². The van der Waals surface area contributed by atoms with Gasteiger partial charge in [0.1, 0.15) is 23.6 Å². The molecular weight excluding hydrogens is 578 g/mol. The minimum absolute atomic E-state index is 0.00731. The summed E-state index contributed by atoms with van der Waals surface area (Å²) in [5.74, 6) is 1.29. The van der Waals surface area contributed by atoms with Crippen LogP contribution >= 0.6 is 0 Å². The molecule has 1 aromatic heterocycles. The second-order valence-corrected chi connectivity index (χ2v) is 12.9. The highest BCUT2D eigenvalue weighted by atomic mass is 16.5. The molecule has 2 aromatic carbocycles. The van der Waals surface area contributed by atoms with Crippen LogP contribution in [-0.2, 0) is 14.3 Å². The smallest absolute Gasteiger partial charge is 0.328 e. The molecule has 0 spiro atoms. The molecule has 244 valence electrons. The summed E-state index contributed by atoms with van der Waals surface area (Å²) in [4.78, 5) is 34.3. The number of carbonyl (C=O) groups is 2. The van der Waals surface area contributed by atoms with Crippen LogP contribution in [0.1, 0.15) is 76.2 Å². The van der Waals surface area contributed by atoms with Crippen LogP contribution in [0.25, 0.3) is 28.2 Å². The van der Waals surface area contributed by atoms with E-state index in [1.807, 2.05) is 42.5 Å². The van der Waals surface area contributed by atoms with Gasteiger partial charge in [-0.1, -0.05) is 74.6 Å². The van der Waals surface area contributed by atoms with Gasteiger partial charge in [0.05, 0.1) is 38.0 Å². The first-order chi connectivity index (χ1) is 22.6. The second kappa shape index (κ2) is 15.1. The van der Waals surface area contributed by atoms with Gasteiger partial charge in [-0.25, -0.2) is 9.78 Å². The van der Waals surface area contributed by atoms with Crippen LogP contribution in [0.3, 0.4) is 0 Å². The molecule has 1 amide bonds. The predicted molar refractivity (Wildman–Crippen MR) is 181 cm³/mol. The van der Waals surface area contributed by atoms with E-state index in [4.69, 9.17) is 19.2 Å². The van der Waals surface area contributed by atoms with Crippen LogP contribution in [0.15, 0.2) is 54.6 Å². The van der Waals surface area contributed by atoms with Crippen LogP contribution in [-0.4, -0.2) is 67.3 Å². The first-order valence-electron chi connectivity index (χ1n) is 17.1. The molecule has 0 unspecified atom stereocenters. The third kappa shape index (κ3) is 7.22. The van der Waals surface area contributed by atoms with Gasteiger partial charge in [0.2, 0.25) is 5.91 Å². The van der Waals surface area contributed by atoms with Gasteiger partial charge >= 0.3 is 5.97 Å². The number of nitrogens with zero attached hydrogens (tertiary/aromatic N) is 2. The van der Waals surface area contributed by atoms with Crippen molar-refractivity contribution >= 4 is 28.9 Å². The number of pyridine rings is 1. The molecule has 4 bridgehead atoms. The number of hydrogen-bond acceptors (Lipinski definition) is 7. The first-order valence-corrected chi connectivity index (χ1v) is 17.1. The molecular formula is C38H47N3O5. The summed E-state index contributed by atoms with van der Waals surface area (Å²) in [6, 6.07) is 15.0. The largest absolute Gasteiger partial charge is 0.496 e. The highest BCUT2D eigenvalue weighted by Gasteiger charge is 2.45. The zero-order valence-corrected chi connectivity index (χ0v) is 27.2. The van der Waals surface area contributed by atoms with Gasteiger partial charge in [-0.15, -0.1) is 0 Å². The van der Waals surface area contributed by atoms with Crippen molar-refractivity contribution < 1.29 is 23.8 Å². The van der Waals surface area contributed by atoms with E-state index < -0.39 is 18.1 Å². The number of methoxy groups -OCH3 is 2. The van der Waals surface area contributed by atoms with Gasteiger partial charge in [-0.2, -0.15) is 0 Å². The molecule has 6 rings (SSSR count). The summed E-state index contributed by atoms with van der Waals surface area (Å²) >= 11 is 0. The Morgan fingerprint density at radius 1 is 0.978 bits per heavy atom. The Hall–Kier alpha value is -3.91. The second-order valence-electron chi connectivity index (χ2n) is 12.9. The number of ether oxygens (including phenoxy) is 3. The lowest BCUT2D eigenvalue weighted by Gasteiger charge is -2.34. The Kier molecular flexibility index (Phi) is 10.5. The van der Waals surface area contributed by atoms with Gasteiger partial charge in [0, 0.05) is 35.1 Å². The van der Waals surface area contributed by atoms with Gasteiger partial charge in [-0.05, 0) is 50.6 Å². The SMILES string of the molecule is COC(=O)[C@@H]1C[C@@H]2CN1C(=O)[C@H](C1CCCCC1)NCCCCCCC=Cc1cc3c(cc(-c4ccccc4)nc3cc1OC)O2. The number of nitrogens with one attached hydrogen (secondary N) is 1. The molecule has 8 nitrogen and oxygen atoms in total. The number of esters is 1. The molecule has 1 aliphatic carbocycles. The topological polar surface area (TPSA) is 90.0 Å². The maximum absolute atomic E-state index is 14.4. The van der Waals surface area contributed by atoms with Gasteiger partial charge < -0.3 is 24.4 Å². The van der Waals surface area contributed by atoms with Crippen molar-refractivity contribution in [3.63, 3.8) is 0 Å². The molecule has 0 radical (unpaired) electrons. The highest BCUT2D eigenvalue weighted by Crippen LogP contribution is 2.37. The van der Waals surface area contributed by atoms with Crippen molar-refractivity contribution in [3.8, 4) is 22.8 Å². The lowest BCUT2D eigenvalue weighted by Crippen LogP contribution is -2.54. The molecule has 3 atom stereocenters. The molecule has 46 heavy (non-hydrogen) atoms. The maximum Gasteiger partial charge on any atom is 0.328 e. The molecule has 3 aliphatic rings. The number of benzene rings is 2. The van der Waals surface area contributed by atoms with E-state index in [-0.39, 0.29) is 17.9 Å². The van der Waals surface area contributed by atoms with Crippen molar-refractivity contribution in [1.82, 2.24) is 15.2 Å². The average molecular weight is 626 g/mol. The van der Waals surface area contributed by atoms with E-state index in [0.717, 1.165) is 97.8 Å². The van der Waals surface area contributed by atoms with Crippen molar-refractivity contribution in [3.05, 3.63) is 60.2 Å². The lowest BCUT2D eigenvalue weighted by atomic mass is 9.83. The molecule has 1 saturated carbocycles. The monoisotopic (exact) mass is 625 g/mol. The molecule has 3 aromatic rings. The van der Waals surface area contributed by atoms with Crippen molar-refractivity contribution in [2.75, 3.05) is 27.3 Å². The molecule has 2 fully saturated rings. The van der Waals surface area contributed by atoms with E-state index in [1.54, 1.807) is 12.0 Å². The summed E-state index contributed by atoms with van der Waals surface area (Å²) in [5, 5.41) is 4.51. The fraction of sp³-hybridized carbons (Fsp3) is 0.500. The van der Waals surface area contributed by atoms with E-state index >= 15 is 0 Å². The predicted octanol–water partition coefficient (Wildman–Crippen LogP) is 6.95. The number of hydrogen-bond donors (Lipinski definition) is 1. The van der Waals surface area contributed by atoms with E-state index in [2.05, 4.69) is 23.5 Å². The number of fused-ring (bicyclic) bond motifs is 3. The van der Waals surface area contributed by atoms with Crippen molar-refractivity contribution in [2.24, 2.45) is 5.92 Å². The quantitative estimate of drug-likeness (QED) is 0.314. The minimum Gasteiger partial charge on any atom is -0.496 e. The third-order valence-corrected chi connectivity index (χ3v) is 9.85. The van der Waals surface area contributed by atoms with Crippen molar-refractivity contribution in [1.29, 1.82) is 0 Å². The molecule has 1 saturated heterocycles. The Morgan fingerprint density at radius 3 is 2.54 bits per heavy atom. The molecule has 2 aliphatic heterocycles. The van der Waals surface area contributed by atoms with Crippen LogP contribution in [0.2, 0.25) is 0 Å².